The second-order valence-electron chi connectivity index (χ2n) is 9.02. The summed E-state index contributed by atoms with van der Waals surface area (Å²) in [6.45, 7) is 26.3. The second-order valence-corrected chi connectivity index (χ2v) is 9.02. The Morgan fingerprint density at radius 1 is 0.370 bits per heavy atom. The lowest BCUT2D eigenvalue weighted by Gasteiger charge is -2.36. The molecule has 0 aromatic carbocycles. The molecule has 0 fully saturated rings. The molecule has 0 aliphatic rings. The van der Waals surface area contributed by atoms with Gasteiger partial charge in [-0.2, -0.15) is 15.0 Å². The zero-order valence-electron chi connectivity index (χ0n) is 19.6. The van der Waals surface area contributed by atoms with Crippen molar-refractivity contribution >= 4 is 17.8 Å². The lowest BCUT2D eigenvalue weighted by atomic mass is 10.2. The van der Waals surface area contributed by atoms with Crippen LogP contribution in [-0.4, -0.2) is 51.2 Å². The Bertz CT molecular complexity index is 463. The molecule has 0 saturated carbocycles. The van der Waals surface area contributed by atoms with Gasteiger partial charge in [-0.1, -0.05) is 0 Å². The molecule has 0 spiro atoms. The van der Waals surface area contributed by atoms with E-state index in [0.29, 0.717) is 36.3 Å². The Morgan fingerprint density at radius 3 is 0.630 bits per heavy atom. The number of anilines is 3. The molecule has 27 heavy (non-hydrogen) atoms. The van der Waals surface area contributed by atoms with Gasteiger partial charge >= 0.3 is 0 Å². The van der Waals surface area contributed by atoms with Gasteiger partial charge in [0.05, 0.1) is 0 Å². The van der Waals surface area contributed by atoms with Crippen LogP contribution in [0.3, 0.4) is 0 Å². The second kappa shape index (κ2) is 9.56. The molecular weight excluding hydrogens is 336 g/mol. The van der Waals surface area contributed by atoms with Gasteiger partial charge in [-0.3, -0.25) is 0 Å². The Kier molecular flexibility index (Phi) is 8.30. The van der Waals surface area contributed by atoms with Crippen LogP contribution < -0.4 is 14.7 Å². The minimum atomic E-state index is 0.311. The third-order valence-corrected chi connectivity index (χ3v) is 4.63. The number of aromatic nitrogens is 3. The van der Waals surface area contributed by atoms with Gasteiger partial charge in [0.25, 0.3) is 0 Å². The Labute approximate surface area is 167 Å². The van der Waals surface area contributed by atoms with Crippen molar-refractivity contribution in [2.75, 3.05) is 14.7 Å². The van der Waals surface area contributed by atoms with E-state index in [9.17, 15) is 0 Å². The molecule has 0 amide bonds. The van der Waals surface area contributed by atoms with E-state index in [1.807, 2.05) is 0 Å². The molecule has 1 aromatic rings. The highest BCUT2D eigenvalue weighted by molar-refractivity contribution is 5.49. The minimum absolute atomic E-state index is 0.311. The quantitative estimate of drug-likeness (QED) is 0.618. The molecule has 0 aliphatic carbocycles. The summed E-state index contributed by atoms with van der Waals surface area (Å²) in [4.78, 5) is 21.6. The summed E-state index contributed by atoms with van der Waals surface area (Å²) >= 11 is 0. The van der Waals surface area contributed by atoms with Crippen LogP contribution in [0.4, 0.5) is 17.8 Å². The van der Waals surface area contributed by atoms with Gasteiger partial charge < -0.3 is 14.7 Å². The fraction of sp³-hybridized carbons (Fsp3) is 0.857. The molecule has 0 aliphatic heterocycles. The molecule has 0 bridgehead atoms. The summed E-state index contributed by atoms with van der Waals surface area (Å²) < 4.78 is 0. The van der Waals surface area contributed by atoms with Gasteiger partial charge in [-0.15, -0.1) is 0 Å². The number of hydrogen-bond acceptors (Lipinski definition) is 6. The molecule has 1 rings (SSSR count). The minimum Gasteiger partial charge on any atom is -0.336 e. The van der Waals surface area contributed by atoms with Gasteiger partial charge in [0.15, 0.2) is 0 Å². The third-order valence-electron chi connectivity index (χ3n) is 4.63. The largest absolute Gasteiger partial charge is 0.336 e. The topological polar surface area (TPSA) is 48.4 Å². The van der Waals surface area contributed by atoms with E-state index in [1.165, 1.54) is 0 Å². The molecule has 1 aromatic heterocycles. The van der Waals surface area contributed by atoms with E-state index in [0.717, 1.165) is 17.8 Å². The zero-order chi connectivity index (χ0) is 21.0. The molecule has 156 valence electrons. The van der Waals surface area contributed by atoms with Crippen LogP contribution in [0, 0.1) is 0 Å². The zero-order valence-corrected chi connectivity index (χ0v) is 19.6. The van der Waals surface area contributed by atoms with E-state index >= 15 is 0 Å². The normalized spacial score (nSPS) is 12.2. The molecule has 0 saturated heterocycles. The summed E-state index contributed by atoms with van der Waals surface area (Å²) in [7, 11) is 0. The van der Waals surface area contributed by atoms with E-state index < -0.39 is 0 Å². The van der Waals surface area contributed by atoms with E-state index in [2.05, 4.69) is 97.8 Å². The van der Waals surface area contributed by atoms with Crippen LogP contribution in [0.2, 0.25) is 0 Å². The number of nitrogens with zero attached hydrogens (tertiary/aromatic N) is 6. The molecule has 0 atom stereocenters. The average Bonchev–Trinajstić information content (AvgIpc) is 2.44. The van der Waals surface area contributed by atoms with Crippen LogP contribution in [0.5, 0.6) is 0 Å². The smallest absolute Gasteiger partial charge is 0.232 e. The first kappa shape index (κ1) is 23.4. The maximum atomic E-state index is 4.92. The monoisotopic (exact) mass is 378 g/mol. The lowest BCUT2D eigenvalue weighted by molar-refractivity contribution is 0.556. The van der Waals surface area contributed by atoms with Crippen LogP contribution in [0.15, 0.2) is 0 Å². The molecule has 6 heteroatoms. The summed E-state index contributed by atoms with van der Waals surface area (Å²) in [5.41, 5.74) is 0. The molecule has 0 unspecified atom stereocenters. The van der Waals surface area contributed by atoms with E-state index in [1.54, 1.807) is 0 Å². The van der Waals surface area contributed by atoms with Crippen molar-refractivity contribution in [2.24, 2.45) is 0 Å². The van der Waals surface area contributed by atoms with Crippen molar-refractivity contribution in [2.45, 2.75) is 119 Å². The first-order chi connectivity index (χ1) is 12.4. The third kappa shape index (κ3) is 5.69. The highest BCUT2D eigenvalue weighted by Gasteiger charge is 2.26. The summed E-state index contributed by atoms with van der Waals surface area (Å²) in [5.74, 6) is 2.28. The van der Waals surface area contributed by atoms with Crippen LogP contribution in [0.25, 0.3) is 0 Å². The fourth-order valence-electron chi connectivity index (χ4n) is 3.86. The standard InChI is InChI=1S/C21H42N6/c1-13(2)25(14(3)4)19-22-20(26(15(5)6)16(7)8)24-21(23-19)27(17(9)10)18(11)12/h13-18H,1-12H3. The molecule has 0 N–H and O–H groups in total. The molecule has 1 heterocycles. The first-order valence-corrected chi connectivity index (χ1v) is 10.5. The van der Waals surface area contributed by atoms with Gasteiger partial charge in [-0.05, 0) is 83.1 Å². The van der Waals surface area contributed by atoms with Crippen LogP contribution in [0.1, 0.15) is 83.1 Å². The van der Waals surface area contributed by atoms with Gasteiger partial charge in [-0.25, -0.2) is 0 Å². The molecular formula is C21H42N6. The van der Waals surface area contributed by atoms with Gasteiger partial charge in [0, 0.05) is 36.3 Å². The van der Waals surface area contributed by atoms with Crippen molar-refractivity contribution in [3.63, 3.8) is 0 Å². The highest BCUT2D eigenvalue weighted by Crippen LogP contribution is 2.26. The van der Waals surface area contributed by atoms with Gasteiger partial charge in [0.2, 0.25) is 17.8 Å². The average molecular weight is 379 g/mol. The van der Waals surface area contributed by atoms with E-state index in [-0.39, 0.29) is 0 Å². The Balaban J connectivity index is 3.69. The number of rotatable bonds is 9. The van der Waals surface area contributed by atoms with Crippen LogP contribution in [-0.2, 0) is 0 Å². The Morgan fingerprint density at radius 2 is 0.519 bits per heavy atom. The van der Waals surface area contributed by atoms with Gasteiger partial charge in [0.1, 0.15) is 0 Å². The lowest BCUT2D eigenvalue weighted by Crippen LogP contribution is -2.43. The summed E-state index contributed by atoms with van der Waals surface area (Å²) in [6.07, 6.45) is 0. The maximum absolute atomic E-state index is 4.92. The predicted molar refractivity (Wildman–Crippen MR) is 118 cm³/mol. The van der Waals surface area contributed by atoms with Crippen molar-refractivity contribution in [3.8, 4) is 0 Å². The van der Waals surface area contributed by atoms with Crippen molar-refractivity contribution in [1.82, 2.24) is 15.0 Å². The summed E-state index contributed by atoms with van der Waals surface area (Å²) in [6, 6.07) is 1.87. The molecule has 6 nitrogen and oxygen atoms in total. The Hall–Kier alpha value is -1.59. The van der Waals surface area contributed by atoms with Crippen molar-refractivity contribution < 1.29 is 0 Å². The predicted octanol–water partition coefficient (Wildman–Crippen LogP) is 4.74. The molecule has 0 radical (unpaired) electrons. The van der Waals surface area contributed by atoms with E-state index in [4.69, 9.17) is 15.0 Å². The SMILES string of the molecule is CC(C)N(c1nc(N(C(C)C)C(C)C)nc(N(C(C)C)C(C)C)n1)C(C)C. The van der Waals surface area contributed by atoms with Crippen LogP contribution >= 0.6 is 0 Å². The summed E-state index contributed by atoms with van der Waals surface area (Å²) in [5, 5.41) is 0. The number of hydrogen-bond donors (Lipinski definition) is 0. The fourth-order valence-corrected chi connectivity index (χ4v) is 3.86. The van der Waals surface area contributed by atoms with Crippen molar-refractivity contribution in [1.29, 1.82) is 0 Å². The van der Waals surface area contributed by atoms with Crippen molar-refractivity contribution in [3.05, 3.63) is 0 Å². The maximum Gasteiger partial charge on any atom is 0.232 e. The first-order valence-electron chi connectivity index (χ1n) is 10.5. The highest BCUT2D eigenvalue weighted by atomic mass is 15.4.